The van der Waals surface area contributed by atoms with Crippen molar-refractivity contribution in [3.63, 3.8) is 0 Å². The molecule has 4 radical (unpaired) electrons. The molecule has 0 nitrogen and oxygen atoms in total. The number of hydrogen-bond donors (Lipinski definition) is 0. The molecule has 1 aromatic carbocycles. The predicted molar refractivity (Wildman–Crippen MR) is 43.4 cm³/mol. The van der Waals surface area contributed by atoms with Gasteiger partial charge in [-0.05, 0) is 0 Å². The Morgan fingerprint density at radius 3 is 1.78 bits per heavy atom. The van der Waals surface area contributed by atoms with E-state index >= 15 is 0 Å². The van der Waals surface area contributed by atoms with Crippen LogP contribution in [-0.2, 0) is 0 Å². The second kappa shape index (κ2) is 6.40. The first-order valence-electron chi connectivity index (χ1n) is 2.61. The molecule has 0 heterocycles. The molecular formula is C7H8GeSe. The van der Waals surface area contributed by atoms with Gasteiger partial charge in [0.2, 0.25) is 0 Å². The third-order valence-electron chi connectivity index (χ3n) is 0.743. The zero-order valence-electron chi connectivity index (χ0n) is 5.29. The van der Waals surface area contributed by atoms with Gasteiger partial charge < -0.3 is 0 Å². The van der Waals surface area contributed by atoms with Crippen molar-refractivity contribution in [2.24, 2.45) is 0 Å². The molecule has 0 aliphatic heterocycles. The first kappa shape index (κ1) is 9.28. The molecule has 0 aromatic heterocycles. The fourth-order valence-corrected chi connectivity index (χ4v) is 0.750. The Morgan fingerprint density at radius 2 is 1.56 bits per heavy atom. The van der Waals surface area contributed by atoms with Crippen LogP contribution in [0, 0.1) is 0 Å². The summed E-state index contributed by atoms with van der Waals surface area (Å²) in [5.74, 6) is 2.00. The van der Waals surface area contributed by atoms with Gasteiger partial charge in [0.25, 0.3) is 0 Å². The molecule has 0 unspecified atom stereocenters. The Labute approximate surface area is 73.1 Å². The van der Waals surface area contributed by atoms with Crippen molar-refractivity contribution >= 4 is 37.0 Å². The Morgan fingerprint density at radius 1 is 1.11 bits per heavy atom. The van der Waals surface area contributed by atoms with Crippen molar-refractivity contribution in [2.45, 2.75) is 5.76 Å². The van der Waals surface area contributed by atoms with Crippen molar-refractivity contribution in [2.75, 3.05) is 0 Å². The van der Waals surface area contributed by atoms with Crippen LogP contribution in [0.4, 0.5) is 0 Å². The average Bonchev–Trinajstić information content (AvgIpc) is 1.94. The van der Waals surface area contributed by atoms with E-state index in [-0.39, 0.29) is 0 Å². The van der Waals surface area contributed by atoms with E-state index in [0.717, 1.165) is 0 Å². The van der Waals surface area contributed by atoms with E-state index in [4.69, 9.17) is 0 Å². The van der Waals surface area contributed by atoms with Crippen LogP contribution in [-0.4, -0.2) is 32.5 Å². The third-order valence-corrected chi connectivity index (χ3v) is 1.31. The average molecular weight is 244 g/mol. The van der Waals surface area contributed by atoms with E-state index in [0.29, 0.717) is 0 Å². The second-order valence-corrected chi connectivity index (χ2v) is 2.30. The molecule has 0 atom stereocenters. The summed E-state index contributed by atoms with van der Waals surface area (Å²) in [6, 6.07) is 10.1. The van der Waals surface area contributed by atoms with Gasteiger partial charge in [-0.2, -0.15) is 0 Å². The quantitative estimate of drug-likeness (QED) is 0.588. The van der Waals surface area contributed by atoms with Crippen molar-refractivity contribution < 1.29 is 0 Å². The monoisotopic (exact) mass is 246 g/mol. The van der Waals surface area contributed by atoms with Gasteiger partial charge in [-0.15, -0.1) is 0 Å². The van der Waals surface area contributed by atoms with Crippen LogP contribution in [0.1, 0.15) is 0 Å². The summed E-state index contributed by atoms with van der Waals surface area (Å²) in [4.78, 5) is 0. The molecule has 0 fully saturated rings. The Kier molecular flexibility index (Phi) is 6.60. The molecule has 0 amide bonds. The Bertz CT molecular complexity index is 139. The maximum atomic E-state index is 2.90. The van der Waals surface area contributed by atoms with Crippen LogP contribution in [0.3, 0.4) is 0 Å². The van der Waals surface area contributed by atoms with Gasteiger partial charge in [-0.25, -0.2) is 0 Å². The minimum atomic E-state index is 1.20. The minimum absolute atomic E-state index is 1.20. The molecule has 9 heavy (non-hydrogen) atoms. The first-order valence-corrected chi connectivity index (χ1v) is 5.57. The standard InChI is InChI=1S/C6H5Se.CH3Ge/c7-6-4-2-1-3-5-6;1-2/h1-5H;1H3. The van der Waals surface area contributed by atoms with Crippen molar-refractivity contribution in [1.82, 2.24) is 0 Å². The van der Waals surface area contributed by atoms with Gasteiger partial charge in [0.1, 0.15) is 0 Å². The molecule has 0 saturated heterocycles. The SMILES string of the molecule is [CH3][Ge].[Se]c1ccccc1. The predicted octanol–water partition coefficient (Wildman–Crippen LogP) is 0.683. The van der Waals surface area contributed by atoms with E-state index in [2.05, 4.69) is 16.0 Å². The summed E-state index contributed by atoms with van der Waals surface area (Å²) in [5, 5.41) is 0. The molecule has 1 rings (SSSR count). The van der Waals surface area contributed by atoms with Crippen LogP contribution >= 0.6 is 0 Å². The van der Waals surface area contributed by atoms with Crippen LogP contribution in [0.5, 0.6) is 0 Å². The number of hydrogen-bond acceptors (Lipinski definition) is 0. The summed E-state index contributed by atoms with van der Waals surface area (Å²) < 4.78 is 1.20. The molecule has 0 N–H and O–H groups in total. The van der Waals surface area contributed by atoms with Crippen LogP contribution < -0.4 is 4.46 Å². The van der Waals surface area contributed by atoms with Gasteiger partial charge in [0.15, 0.2) is 0 Å². The summed E-state index contributed by atoms with van der Waals surface area (Å²) in [6.45, 7) is 0. The molecule has 1 aromatic rings. The van der Waals surface area contributed by atoms with Gasteiger partial charge in [-0.1, -0.05) is 0 Å². The topological polar surface area (TPSA) is 0 Å². The first-order chi connectivity index (χ1) is 4.39. The molecule has 0 saturated carbocycles. The van der Waals surface area contributed by atoms with Gasteiger partial charge in [0.05, 0.1) is 0 Å². The summed E-state index contributed by atoms with van der Waals surface area (Å²) >= 11 is 4.90. The van der Waals surface area contributed by atoms with Gasteiger partial charge in [0, 0.05) is 0 Å². The summed E-state index contributed by atoms with van der Waals surface area (Å²) in [5.41, 5.74) is 0. The van der Waals surface area contributed by atoms with Crippen molar-refractivity contribution in [3.05, 3.63) is 30.3 Å². The number of benzene rings is 1. The summed E-state index contributed by atoms with van der Waals surface area (Å²) in [6.07, 6.45) is 0. The molecule has 2 heteroatoms. The fourth-order valence-electron chi connectivity index (χ4n) is 0.420. The molecule has 46 valence electrons. The van der Waals surface area contributed by atoms with E-state index in [1.165, 1.54) is 4.46 Å². The van der Waals surface area contributed by atoms with Crippen LogP contribution in [0.25, 0.3) is 0 Å². The molecule has 0 aliphatic carbocycles. The van der Waals surface area contributed by atoms with E-state index in [1.54, 1.807) is 0 Å². The summed E-state index contributed by atoms with van der Waals surface area (Å²) in [7, 11) is 0. The van der Waals surface area contributed by atoms with Gasteiger partial charge in [-0.3, -0.25) is 0 Å². The van der Waals surface area contributed by atoms with Crippen molar-refractivity contribution in [1.29, 1.82) is 0 Å². The van der Waals surface area contributed by atoms with Gasteiger partial charge >= 0.3 is 73.1 Å². The molecule has 0 bridgehead atoms. The molecular weight excluding hydrogens is 236 g/mol. The van der Waals surface area contributed by atoms with E-state index < -0.39 is 0 Å². The maximum absolute atomic E-state index is 2.90. The Balaban J connectivity index is 0.000000291. The zero-order valence-corrected chi connectivity index (χ0v) is 9.11. The fraction of sp³-hybridized carbons (Fsp3) is 0.143. The second-order valence-electron chi connectivity index (χ2n) is 1.31. The molecule has 0 spiro atoms. The Hall–Kier alpha value is 0.282. The van der Waals surface area contributed by atoms with E-state index in [9.17, 15) is 0 Å². The van der Waals surface area contributed by atoms with Crippen LogP contribution in [0.15, 0.2) is 30.3 Å². The zero-order chi connectivity index (χ0) is 7.11. The number of rotatable bonds is 0. The van der Waals surface area contributed by atoms with Crippen LogP contribution in [0.2, 0.25) is 5.76 Å². The van der Waals surface area contributed by atoms with E-state index in [1.807, 2.05) is 52.6 Å². The molecule has 0 aliphatic rings. The van der Waals surface area contributed by atoms with Crippen molar-refractivity contribution in [3.8, 4) is 0 Å². The third kappa shape index (κ3) is 4.77. The normalized spacial score (nSPS) is 7.33.